The van der Waals surface area contributed by atoms with E-state index in [1.807, 2.05) is 0 Å². The molecule has 3 heterocycles. The Hall–Kier alpha value is -2.50. The molecule has 1 amide bonds. The summed E-state index contributed by atoms with van der Waals surface area (Å²) in [4.78, 5) is 24.7. The fourth-order valence-corrected chi connectivity index (χ4v) is 4.38. The van der Waals surface area contributed by atoms with Gasteiger partial charge < -0.3 is 20.5 Å². The predicted octanol–water partition coefficient (Wildman–Crippen LogP) is 2.68. The lowest BCUT2D eigenvalue weighted by Crippen LogP contribution is -2.52. The molecule has 166 valence electrons. The quantitative estimate of drug-likeness (QED) is 0.689. The fourth-order valence-electron chi connectivity index (χ4n) is 3.46. The fraction of sp³-hybridized carbons (Fsp3) is 0.368. The summed E-state index contributed by atoms with van der Waals surface area (Å²) in [6.07, 6.45) is 2.60. The number of fused-ring (bicyclic) bond motifs is 1. The Morgan fingerprint density at radius 3 is 2.87 bits per heavy atom. The van der Waals surface area contributed by atoms with Crippen LogP contribution in [0.1, 0.15) is 23.0 Å². The molecule has 0 unspecified atom stereocenters. The maximum absolute atomic E-state index is 15.6. The summed E-state index contributed by atoms with van der Waals surface area (Å²) < 4.78 is 40.9. The number of carbonyl (C=O) groups is 1. The minimum absolute atomic E-state index is 0. The third-order valence-corrected chi connectivity index (χ3v) is 5.94. The highest BCUT2D eigenvalue weighted by molar-refractivity contribution is 8.13. The molecule has 8 nitrogen and oxygen atoms in total. The number of halogens is 3. The Morgan fingerprint density at radius 2 is 2.16 bits per heavy atom. The Bertz CT molecular complexity index is 1010. The van der Waals surface area contributed by atoms with Crippen LogP contribution in [0.4, 0.5) is 14.5 Å². The first-order valence-electron chi connectivity index (χ1n) is 9.18. The Labute approximate surface area is 187 Å². The van der Waals surface area contributed by atoms with E-state index in [-0.39, 0.29) is 53.5 Å². The number of rotatable bonds is 5. The molecule has 2 aliphatic heterocycles. The van der Waals surface area contributed by atoms with E-state index >= 15 is 4.39 Å². The van der Waals surface area contributed by atoms with Gasteiger partial charge in [0.05, 0.1) is 32.2 Å². The molecular formula is C19H20ClF2N5O3S. The Kier molecular flexibility index (Phi) is 6.68. The highest BCUT2D eigenvalue weighted by atomic mass is 35.5. The van der Waals surface area contributed by atoms with Gasteiger partial charge in [0.15, 0.2) is 16.4 Å². The van der Waals surface area contributed by atoms with Crippen molar-refractivity contribution in [3.8, 4) is 5.88 Å². The number of thioether (sulfide) groups is 1. The number of nitrogens with one attached hydrogen (secondary N) is 1. The smallest absolute Gasteiger partial charge is 0.275 e. The van der Waals surface area contributed by atoms with Gasteiger partial charge in [-0.05, 0) is 25.1 Å². The van der Waals surface area contributed by atoms with E-state index in [1.54, 1.807) is 6.92 Å². The predicted molar refractivity (Wildman–Crippen MR) is 115 cm³/mol. The molecule has 0 radical (unpaired) electrons. The number of benzene rings is 1. The highest BCUT2D eigenvalue weighted by Crippen LogP contribution is 2.50. The molecule has 2 aliphatic rings. The number of nitrogens with zero attached hydrogens (tertiary/aromatic N) is 3. The van der Waals surface area contributed by atoms with Gasteiger partial charge >= 0.3 is 0 Å². The summed E-state index contributed by atoms with van der Waals surface area (Å²) in [6.45, 7) is 1.86. The number of amidine groups is 1. The number of ether oxygens (including phenoxy) is 2. The number of anilines is 1. The lowest BCUT2D eigenvalue weighted by atomic mass is 9.79. The maximum Gasteiger partial charge on any atom is 0.275 e. The number of alkyl halides is 1. The number of hydrogen-bond acceptors (Lipinski definition) is 8. The minimum Gasteiger partial charge on any atom is -0.477 e. The molecular weight excluding hydrogens is 452 g/mol. The molecule has 2 aromatic rings. The monoisotopic (exact) mass is 471 g/mol. The lowest BCUT2D eigenvalue weighted by molar-refractivity contribution is 0.102. The van der Waals surface area contributed by atoms with Gasteiger partial charge in [0.25, 0.3) is 5.91 Å². The largest absolute Gasteiger partial charge is 0.477 e. The Morgan fingerprint density at radius 1 is 1.35 bits per heavy atom. The summed E-state index contributed by atoms with van der Waals surface area (Å²) in [6, 6.07) is 3.87. The standard InChI is InChI=1S/C19H19F2N5O3S.ClH/c1-2-29-15-7-23-14(6-24-15)16(27)25-11-3-4-13(20)12(5-11)19-9-28-8-18(19,21)10-30-17(22)26-19;/h3-7H,2,8-10H2,1H3,(H2,22,26)(H,25,27);1H/t18-,19-;/m1./s1. The number of carbonyl (C=O) groups excluding carboxylic acids is 1. The molecule has 1 aromatic carbocycles. The number of nitrogens with two attached hydrogens (primary N) is 1. The number of aliphatic imine (C=N–C) groups is 1. The molecule has 1 aromatic heterocycles. The zero-order chi connectivity index (χ0) is 21.4. The van der Waals surface area contributed by atoms with Crippen molar-refractivity contribution in [1.82, 2.24) is 9.97 Å². The average molecular weight is 472 g/mol. The molecule has 0 bridgehead atoms. The van der Waals surface area contributed by atoms with Crippen LogP contribution in [0.2, 0.25) is 0 Å². The minimum atomic E-state index is -1.91. The van der Waals surface area contributed by atoms with Crippen molar-refractivity contribution in [2.45, 2.75) is 18.1 Å². The summed E-state index contributed by atoms with van der Waals surface area (Å²) >= 11 is 1.06. The molecule has 1 fully saturated rings. The molecule has 1 saturated heterocycles. The summed E-state index contributed by atoms with van der Waals surface area (Å²) in [7, 11) is 0. The third-order valence-electron chi connectivity index (χ3n) is 4.96. The van der Waals surface area contributed by atoms with Gasteiger partial charge in [-0.15, -0.1) is 12.4 Å². The third kappa shape index (κ3) is 4.17. The van der Waals surface area contributed by atoms with E-state index in [4.69, 9.17) is 15.2 Å². The van der Waals surface area contributed by atoms with Gasteiger partial charge in [-0.2, -0.15) is 0 Å². The summed E-state index contributed by atoms with van der Waals surface area (Å²) in [5, 5.41) is 2.78. The first-order valence-corrected chi connectivity index (χ1v) is 10.2. The molecule has 0 spiro atoms. The number of aromatic nitrogens is 2. The average Bonchev–Trinajstić information content (AvgIpc) is 3.07. The van der Waals surface area contributed by atoms with Gasteiger partial charge in [-0.1, -0.05) is 11.8 Å². The second kappa shape index (κ2) is 8.93. The maximum atomic E-state index is 15.6. The first kappa shape index (κ1) is 23.2. The highest BCUT2D eigenvalue weighted by Gasteiger charge is 2.61. The molecule has 2 atom stereocenters. The Balaban J connectivity index is 0.00000272. The van der Waals surface area contributed by atoms with Crippen molar-refractivity contribution in [3.63, 3.8) is 0 Å². The summed E-state index contributed by atoms with van der Waals surface area (Å²) in [5.41, 5.74) is 2.58. The van der Waals surface area contributed by atoms with Gasteiger partial charge in [0.2, 0.25) is 5.88 Å². The molecule has 0 aliphatic carbocycles. The molecule has 4 rings (SSSR count). The van der Waals surface area contributed by atoms with Gasteiger partial charge in [0, 0.05) is 17.0 Å². The van der Waals surface area contributed by atoms with E-state index in [1.165, 1.54) is 24.5 Å². The first-order chi connectivity index (χ1) is 14.4. The van der Waals surface area contributed by atoms with Crippen LogP contribution in [-0.2, 0) is 10.3 Å². The topological polar surface area (TPSA) is 112 Å². The number of hydrogen-bond donors (Lipinski definition) is 2. The van der Waals surface area contributed by atoms with Crippen LogP contribution >= 0.6 is 24.2 Å². The molecule has 31 heavy (non-hydrogen) atoms. The van der Waals surface area contributed by atoms with Crippen LogP contribution in [0.25, 0.3) is 0 Å². The van der Waals surface area contributed by atoms with E-state index in [9.17, 15) is 9.18 Å². The normalized spacial score (nSPS) is 24.5. The lowest BCUT2D eigenvalue weighted by Gasteiger charge is -2.38. The molecule has 3 N–H and O–H groups in total. The number of amides is 1. The van der Waals surface area contributed by atoms with Crippen molar-refractivity contribution in [3.05, 3.63) is 47.7 Å². The van der Waals surface area contributed by atoms with Crippen LogP contribution in [0.3, 0.4) is 0 Å². The van der Waals surface area contributed by atoms with Gasteiger partial charge in [-0.25, -0.2) is 23.7 Å². The van der Waals surface area contributed by atoms with Crippen molar-refractivity contribution in [2.75, 3.05) is 30.9 Å². The van der Waals surface area contributed by atoms with Gasteiger partial charge in [0.1, 0.15) is 11.5 Å². The summed E-state index contributed by atoms with van der Waals surface area (Å²) in [5.74, 6) is -0.926. The van der Waals surface area contributed by atoms with Crippen molar-refractivity contribution in [1.29, 1.82) is 0 Å². The van der Waals surface area contributed by atoms with E-state index in [0.29, 0.717) is 12.5 Å². The van der Waals surface area contributed by atoms with Crippen molar-refractivity contribution in [2.24, 2.45) is 10.7 Å². The van der Waals surface area contributed by atoms with Gasteiger partial charge in [-0.3, -0.25) is 4.79 Å². The molecule has 12 heteroatoms. The van der Waals surface area contributed by atoms with Crippen LogP contribution < -0.4 is 15.8 Å². The van der Waals surface area contributed by atoms with Crippen LogP contribution in [0, 0.1) is 5.82 Å². The van der Waals surface area contributed by atoms with E-state index in [2.05, 4.69) is 20.3 Å². The zero-order valence-electron chi connectivity index (χ0n) is 16.4. The van der Waals surface area contributed by atoms with Crippen molar-refractivity contribution < 1.29 is 23.0 Å². The van der Waals surface area contributed by atoms with Crippen LogP contribution in [0.5, 0.6) is 5.88 Å². The second-order valence-electron chi connectivity index (χ2n) is 6.88. The van der Waals surface area contributed by atoms with E-state index in [0.717, 1.165) is 17.8 Å². The van der Waals surface area contributed by atoms with Crippen molar-refractivity contribution >= 4 is 40.9 Å². The van der Waals surface area contributed by atoms with Crippen LogP contribution in [0.15, 0.2) is 35.6 Å². The second-order valence-corrected chi connectivity index (χ2v) is 7.87. The zero-order valence-corrected chi connectivity index (χ0v) is 18.1. The van der Waals surface area contributed by atoms with Crippen LogP contribution in [-0.4, -0.2) is 52.3 Å². The molecule has 0 saturated carbocycles. The SMILES string of the molecule is CCOc1cnc(C(=O)Nc2ccc(F)c([C@]34COC[C@@]3(F)CSC(N)=N4)c2)cn1.Cl. The van der Waals surface area contributed by atoms with E-state index < -0.39 is 22.9 Å².